The maximum Gasteiger partial charge on any atom is 0.356 e. The van der Waals surface area contributed by atoms with Crippen LogP contribution in [0.3, 0.4) is 0 Å². The Morgan fingerprint density at radius 3 is 2.80 bits per heavy atom. The van der Waals surface area contributed by atoms with Crippen molar-refractivity contribution in [1.29, 1.82) is 0 Å². The first-order valence-corrected chi connectivity index (χ1v) is 4.45. The summed E-state index contributed by atoms with van der Waals surface area (Å²) in [5.41, 5.74) is -0.107. The zero-order valence-electron chi connectivity index (χ0n) is 8.58. The summed E-state index contributed by atoms with van der Waals surface area (Å²) in [5.74, 6) is -0.689. The summed E-state index contributed by atoms with van der Waals surface area (Å²) in [6.45, 7) is 2.02. The lowest BCUT2D eigenvalue weighted by Crippen LogP contribution is -2.28. The zero-order chi connectivity index (χ0) is 11.4. The molecule has 1 rings (SSSR count). The standard InChI is InChI=1S/C9H13N3O3/c1-6(13)5-12(2)8-4-10-3-7(11-8)9(14)15/h3-4,6,13H,5H2,1-2H3,(H,14,15). The Kier molecular flexibility index (Phi) is 3.56. The van der Waals surface area contributed by atoms with Gasteiger partial charge in [0.25, 0.3) is 0 Å². The van der Waals surface area contributed by atoms with Crippen LogP contribution in [0.5, 0.6) is 0 Å². The number of aromatic nitrogens is 2. The second-order valence-corrected chi connectivity index (χ2v) is 3.30. The normalized spacial score (nSPS) is 12.2. The van der Waals surface area contributed by atoms with E-state index in [4.69, 9.17) is 10.2 Å². The minimum atomic E-state index is -1.12. The summed E-state index contributed by atoms with van der Waals surface area (Å²) < 4.78 is 0. The van der Waals surface area contributed by atoms with Crippen LogP contribution in [0, 0.1) is 0 Å². The van der Waals surface area contributed by atoms with Crippen LogP contribution >= 0.6 is 0 Å². The summed E-state index contributed by atoms with van der Waals surface area (Å²) in [4.78, 5) is 19.9. The first-order valence-electron chi connectivity index (χ1n) is 4.45. The molecule has 1 atom stereocenters. The number of aliphatic hydroxyl groups excluding tert-OH is 1. The van der Waals surface area contributed by atoms with Crippen molar-refractivity contribution in [2.45, 2.75) is 13.0 Å². The summed E-state index contributed by atoms with van der Waals surface area (Å²) in [5, 5.41) is 17.9. The number of carboxylic acid groups (broad SMARTS) is 1. The first-order chi connectivity index (χ1) is 7.00. The average Bonchev–Trinajstić information content (AvgIpc) is 2.17. The molecule has 0 saturated carbocycles. The number of hydrogen-bond donors (Lipinski definition) is 2. The molecule has 6 heteroatoms. The Morgan fingerprint density at radius 2 is 2.27 bits per heavy atom. The monoisotopic (exact) mass is 211 g/mol. The number of anilines is 1. The molecule has 1 aromatic rings. The van der Waals surface area contributed by atoms with Crippen LogP contribution in [-0.2, 0) is 0 Å². The van der Waals surface area contributed by atoms with Gasteiger partial charge in [-0.05, 0) is 6.92 Å². The topological polar surface area (TPSA) is 86.5 Å². The SMILES string of the molecule is CC(O)CN(C)c1cncc(C(=O)O)n1. The maximum absolute atomic E-state index is 10.6. The fourth-order valence-electron chi connectivity index (χ4n) is 1.13. The van der Waals surface area contributed by atoms with E-state index in [-0.39, 0.29) is 5.69 Å². The number of hydrogen-bond acceptors (Lipinski definition) is 5. The summed E-state index contributed by atoms with van der Waals surface area (Å²) in [6, 6.07) is 0. The Hall–Kier alpha value is -1.69. The largest absolute Gasteiger partial charge is 0.476 e. The van der Waals surface area contributed by atoms with Gasteiger partial charge in [0.2, 0.25) is 0 Å². The van der Waals surface area contributed by atoms with Crippen molar-refractivity contribution >= 4 is 11.8 Å². The summed E-state index contributed by atoms with van der Waals surface area (Å²) in [6.07, 6.45) is 2.13. The Balaban J connectivity index is 2.85. The molecule has 2 N–H and O–H groups in total. The quantitative estimate of drug-likeness (QED) is 0.728. The predicted octanol–water partition coefficient (Wildman–Crippen LogP) is -0.00820. The molecule has 1 unspecified atom stereocenters. The summed E-state index contributed by atoms with van der Waals surface area (Å²) in [7, 11) is 1.71. The van der Waals surface area contributed by atoms with Gasteiger partial charge in [-0.25, -0.2) is 9.78 Å². The van der Waals surface area contributed by atoms with Gasteiger partial charge in [-0.3, -0.25) is 4.98 Å². The van der Waals surface area contributed by atoms with Gasteiger partial charge >= 0.3 is 5.97 Å². The van der Waals surface area contributed by atoms with Crippen molar-refractivity contribution in [2.24, 2.45) is 0 Å². The number of likely N-dealkylation sites (N-methyl/N-ethyl adjacent to an activating group) is 1. The molecule has 1 aromatic heterocycles. The molecule has 82 valence electrons. The van der Waals surface area contributed by atoms with Gasteiger partial charge in [0, 0.05) is 13.6 Å². The predicted molar refractivity (Wildman–Crippen MR) is 53.9 cm³/mol. The van der Waals surface area contributed by atoms with Crippen LogP contribution in [0.4, 0.5) is 5.82 Å². The fourth-order valence-corrected chi connectivity index (χ4v) is 1.13. The lowest BCUT2D eigenvalue weighted by molar-refractivity contribution is 0.0690. The lowest BCUT2D eigenvalue weighted by Gasteiger charge is -2.19. The van der Waals surface area contributed by atoms with Crippen LogP contribution in [-0.4, -0.2) is 45.8 Å². The van der Waals surface area contributed by atoms with E-state index < -0.39 is 12.1 Å². The van der Waals surface area contributed by atoms with E-state index in [1.54, 1.807) is 18.9 Å². The van der Waals surface area contributed by atoms with Crippen molar-refractivity contribution in [3.05, 3.63) is 18.1 Å². The second-order valence-electron chi connectivity index (χ2n) is 3.30. The lowest BCUT2D eigenvalue weighted by atomic mass is 10.3. The Bertz CT molecular complexity index is 354. The van der Waals surface area contributed by atoms with Gasteiger partial charge in [0.1, 0.15) is 5.82 Å². The zero-order valence-corrected chi connectivity index (χ0v) is 8.58. The van der Waals surface area contributed by atoms with Crippen molar-refractivity contribution in [3.63, 3.8) is 0 Å². The molecule has 1 heterocycles. The first kappa shape index (κ1) is 11.4. The minimum Gasteiger partial charge on any atom is -0.476 e. The molecule has 0 radical (unpaired) electrons. The Labute approximate surface area is 87.2 Å². The van der Waals surface area contributed by atoms with Gasteiger partial charge in [-0.15, -0.1) is 0 Å². The molecule has 0 spiro atoms. The molecule has 0 saturated heterocycles. The van der Waals surface area contributed by atoms with Gasteiger partial charge in [0.15, 0.2) is 5.69 Å². The molecular weight excluding hydrogens is 198 g/mol. The van der Waals surface area contributed by atoms with E-state index in [0.717, 1.165) is 0 Å². The minimum absolute atomic E-state index is 0.107. The van der Waals surface area contributed by atoms with Crippen molar-refractivity contribution < 1.29 is 15.0 Å². The van der Waals surface area contributed by atoms with Gasteiger partial charge < -0.3 is 15.1 Å². The number of aliphatic hydroxyl groups is 1. The summed E-state index contributed by atoms with van der Waals surface area (Å²) >= 11 is 0. The molecule has 0 bridgehead atoms. The fraction of sp³-hybridized carbons (Fsp3) is 0.444. The van der Waals surface area contributed by atoms with Gasteiger partial charge in [-0.1, -0.05) is 0 Å². The van der Waals surface area contributed by atoms with Crippen LogP contribution in [0.25, 0.3) is 0 Å². The highest BCUT2D eigenvalue weighted by molar-refractivity contribution is 5.85. The molecule has 0 fully saturated rings. The molecule has 0 aliphatic heterocycles. The van der Waals surface area contributed by atoms with Crippen molar-refractivity contribution in [3.8, 4) is 0 Å². The molecule has 0 amide bonds. The Morgan fingerprint density at radius 1 is 1.60 bits per heavy atom. The van der Waals surface area contributed by atoms with E-state index in [1.165, 1.54) is 12.4 Å². The number of carbonyl (C=O) groups is 1. The van der Waals surface area contributed by atoms with E-state index in [2.05, 4.69) is 9.97 Å². The highest BCUT2D eigenvalue weighted by Gasteiger charge is 2.10. The number of rotatable bonds is 4. The van der Waals surface area contributed by atoms with Crippen LogP contribution < -0.4 is 4.90 Å². The number of aromatic carboxylic acids is 1. The number of nitrogens with zero attached hydrogens (tertiary/aromatic N) is 3. The highest BCUT2D eigenvalue weighted by atomic mass is 16.4. The van der Waals surface area contributed by atoms with Gasteiger partial charge in [-0.2, -0.15) is 0 Å². The molecular formula is C9H13N3O3. The highest BCUT2D eigenvalue weighted by Crippen LogP contribution is 2.07. The van der Waals surface area contributed by atoms with E-state index in [9.17, 15) is 4.79 Å². The molecule has 6 nitrogen and oxygen atoms in total. The second kappa shape index (κ2) is 4.70. The van der Waals surface area contributed by atoms with E-state index >= 15 is 0 Å². The van der Waals surface area contributed by atoms with Crippen LogP contribution in [0.1, 0.15) is 17.4 Å². The number of carboxylic acids is 1. The third-order valence-corrected chi connectivity index (χ3v) is 1.77. The van der Waals surface area contributed by atoms with E-state index in [1.807, 2.05) is 0 Å². The third-order valence-electron chi connectivity index (χ3n) is 1.77. The van der Waals surface area contributed by atoms with E-state index in [0.29, 0.717) is 12.4 Å². The van der Waals surface area contributed by atoms with Crippen LogP contribution in [0.15, 0.2) is 12.4 Å². The smallest absolute Gasteiger partial charge is 0.356 e. The van der Waals surface area contributed by atoms with Crippen LogP contribution in [0.2, 0.25) is 0 Å². The average molecular weight is 211 g/mol. The third kappa shape index (κ3) is 3.17. The molecule has 15 heavy (non-hydrogen) atoms. The molecule has 0 aromatic carbocycles. The van der Waals surface area contributed by atoms with Crippen molar-refractivity contribution in [2.75, 3.05) is 18.5 Å². The molecule has 0 aliphatic carbocycles. The van der Waals surface area contributed by atoms with Crippen molar-refractivity contribution in [1.82, 2.24) is 9.97 Å². The molecule has 0 aliphatic rings. The van der Waals surface area contributed by atoms with Gasteiger partial charge in [0.05, 0.1) is 18.5 Å². The maximum atomic E-state index is 10.6.